The van der Waals surface area contributed by atoms with Crippen molar-refractivity contribution in [3.63, 3.8) is 0 Å². The molecule has 0 fully saturated rings. The Hall–Kier alpha value is -0.820. The Morgan fingerprint density at radius 3 is 2.64 bits per heavy atom. The number of hydrogen-bond acceptors (Lipinski definition) is 2. The van der Waals surface area contributed by atoms with Crippen LogP contribution in [-0.2, 0) is 0 Å². The molecule has 0 aliphatic heterocycles. The second kappa shape index (κ2) is 7.29. The summed E-state index contributed by atoms with van der Waals surface area (Å²) >= 11 is 4.90. The van der Waals surface area contributed by atoms with Crippen molar-refractivity contribution in [2.45, 2.75) is 19.8 Å². The highest BCUT2D eigenvalue weighted by atomic mass is 32.1. The predicted molar refractivity (Wildman–Crippen MR) is 49.1 cm³/mol. The number of nitrogens with zero attached hydrogens (tertiary/aromatic N) is 1. The van der Waals surface area contributed by atoms with Crippen LogP contribution in [0.25, 0.3) is 0 Å². The van der Waals surface area contributed by atoms with Crippen molar-refractivity contribution in [2.75, 3.05) is 13.1 Å². The second-order valence-corrected chi connectivity index (χ2v) is 2.50. The molecule has 62 valence electrons. The van der Waals surface area contributed by atoms with Crippen molar-refractivity contribution in [3.05, 3.63) is 0 Å². The molecule has 0 aliphatic carbocycles. The van der Waals surface area contributed by atoms with Crippen molar-refractivity contribution in [1.29, 1.82) is 5.26 Å². The number of nitriles is 1. The van der Waals surface area contributed by atoms with E-state index in [1.54, 1.807) is 0 Å². The van der Waals surface area contributed by atoms with Crippen LogP contribution in [0.1, 0.15) is 19.8 Å². The molecule has 11 heavy (non-hydrogen) atoms. The zero-order valence-corrected chi connectivity index (χ0v) is 7.50. The van der Waals surface area contributed by atoms with Gasteiger partial charge in [-0.15, -0.1) is 0 Å². The van der Waals surface area contributed by atoms with E-state index in [4.69, 9.17) is 17.5 Å². The van der Waals surface area contributed by atoms with Gasteiger partial charge in [0.05, 0.1) is 12.5 Å². The standard InChI is InChI=1S/C7H13N3S/c1-2-5-9-7(11)10-6-3-4-8/h2-3,5-6H2,1H3,(H2,9,10,11). The highest BCUT2D eigenvalue weighted by Gasteiger charge is 1.90. The van der Waals surface area contributed by atoms with Gasteiger partial charge in [-0.05, 0) is 18.6 Å². The largest absolute Gasteiger partial charge is 0.363 e. The molecule has 0 bridgehead atoms. The molecule has 0 saturated heterocycles. The Labute approximate surface area is 72.8 Å². The fraction of sp³-hybridized carbons (Fsp3) is 0.714. The average Bonchev–Trinajstić information content (AvgIpc) is 2.01. The molecule has 0 rings (SSSR count). The lowest BCUT2D eigenvalue weighted by Gasteiger charge is -2.06. The molecule has 4 heteroatoms. The molecule has 0 aromatic carbocycles. The van der Waals surface area contributed by atoms with E-state index < -0.39 is 0 Å². The number of rotatable bonds is 4. The predicted octanol–water partition coefficient (Wildman–Crippen LogP) is 0.774. The van der Waals surface area contributed by atoms with E-state index in [1.165, 1.54) is 0 Å². The van der Waals surface area contributed by atoms with Gasteiger partial charge >= 0.3 is 0 Å². The van der Waals surface area contributed by atoms with E-state index >= 15 is 0 Å². The first-order chi connectivity index (χ1) is 5.31. The lowest BCUT2D eigenvalue weighted by molar-refractivity contribution is 0.799. The van der Waals surface area contributed by atoms with Crippen LogP contribution in [0.15, 0.2) is 0 Å². The number of hydrogen-bond donors (Lipinski definition) is 2. The molecule has 2 N–H and O–H groups in total. The summed E-state index contributed by atoms with van der Waals surface area (Å²) in [5.41, 5.74) is 0. The maximum absolute atomic E-state index is 8.20. The second-order valence-electron chi connectivity index (χ2n) is 2.09. The van der Waals surface area contributed by atoms with Gasteiger partial charge in [0.2, 0.25) is 0 Å². The average molecular weight is 171 g/mol. The fourth-order valence-electron chi connectivity index (χ4n) is 0.533. The van der Waals surface area contributed by atoms with Crippen LogP contribution in [0.3, 0.4) is 0 Å². The van der Waals surface area contributed by atoms with E-state index in [2.05, 4.69) is 17.6 Å². The van der Waals surface area contributed by atoms with Crippen LogP contribution in [0.2, 0.25) is 0 Å². The molecule has 0 amide bonds. The molecule has 0 radical (unpaired) electrons. The van der Waals surface area contributed by atoms with Gasteiger partial charge in [-0.2, -0.15) is 5.26 Å². The van der Waals surface area contributed by atoms with Crippen molar-refractivity contribution in [2.24, 2.45) is 0 Å². The van der Waals surface area contributed by atoms with Crippen molar-refractivity contribution < 1.29 is 0 Å². The Balaban J connectivity index is 3.17. The molecule has 0 heterocycles. The Kier molecular flexibility index (Phi) is 6.75. The quantitative estimate of drug-likeness (QED) is 0.484. The summed E-state index contributed by atoms with van der Waals surface area (Å²) in [5, 5.41) is 14.8. The van der Waals surface area contributed by atoms with Crippen molar-refractivity contribution >= 4 is 17.3 Å². The first-order valence-electron chi connectivity index (χ1n) is 3.70. The Bertz CT molecular complexity index is 150. The van der Waals surface area contributed by atoms with Crippen molar-refractivity contribution in [3.8, 4) is 6.07 Å². The smallest absolute Gasteiger partial charge is 0.166 e. The third-order valence-corrected chi connectivity index (χ3v) is 1.35. The van der Waals surface area contributed by atoms with Crippen LogP contribution in [-0.4, -0.2) is 18.2 Å². The van der Waals surface area contributed by atoms with Gasteiger partial charge in [0.1, 0.15) is 0 Å². The molecule has 0 aromatic rings. The summed E-state index contributed by atoms with van der Waals surface area (Å²) in [4.78, 5) is 0. The van der Waals surface area contributed by atoms with E-state index in [0.717, 1.165) is 13.0 Å². The van der Waals surface area contributed by atoms with E-state index in [0.29, 0.717) is 18.1 Å². The van der Waals surface area contributed by atoms with Gasteiger partial charge in [-0.3, -0.25) is 0 Å². The zero-order valence-electron chi connectivity index (χ0n) is 6.68. The van der Waals surface area contributed by atoms with E-state index in [1.807, 2.05) is 6.07 Å². The Morgan fingerprint density at radius 1 is 1.45 bits per heavy atom. The minimum absolute atomic E-state index is 0.494. The molecular formula is C7H13N3S. The summed E-state index contributed by atoms with van der Waals surface area (Å²) in [7, 11) is 0. The minimum atomic E-state index is 0.494. The van der Waals surface area contributed by atoms with Crippen LogP contribution < -0.4 is 10.6 Å². The third-order valence-electron chi connectivity index (χ3n) is 1.06. The Morgan fingerprint density at radius 2 is 2.09 bits per heavy atom. The highest BCUT2D eigenvalue weighted by Crippen LogP contribution is 1.74. The number of thiocarbonyl (C=S) groups is 1. The maximum atomic E-state index is 8.20. The maximum Gasteiger partial charge on any atom is 0.166 e. The van der Waals surface area contributed by atoms with Gasteiger partial charge in [0, 0.05) is 13.1 Å². The minimum Gasteiger partial charge on any atom is -0.363 e. The topological polar surface area (TPSA) is 47.8 Å². The van der Waals surface area contributed by atoms with Gasteiger partial charge in [0.25, 0.3) is 0 Å². The molecule has 0 aliphatic rings. The molecule has 3 nitrogen and oxygen atoms in total. The van der Waals surface area contributed by atoms with E-state index in [9.17, 15) is 0 Å². The van der Waals surface area contributed by atoms with Crippen LogP contribution >= 0.6 is 12.2 Å². The van der Waals surface area contributed by atoms with Crippen molar-refractivity contribution in [1.82, 2.24) is 10.6 Å². The first-order valence-corrected chi connectivity index (χ1v) is 4.10. The summed E-state index contributed by atoms with van der Waals surface area (Å²) in [5.74, 6) is 0. The molecule has 0 spiro atoms. The first kappa shape index (κ1) is 10.2. The highest BCUT2D eigenvalue weighted by molar-refractivity contribution is 7.80. The molecule has 0 saturated carbocycles. The summed E-state index contributed by atoms with van der Waals surface area (Å²) in [6, 6.07) is 2.03. The van der Waals surface area contributed by atoms with Gasteiger partial charge in [-0.25, -0.2) is 0 Å². The summed E-state index contributed by atoms with van der Waals surface area (Å²) < 4.78 is 0. The van der Waals surface area contributed by atoms with Gasteiger partial charge in [-0.1, -0.05) is 6.92 Å². The molecule has 0 atom stereocenters. The third kappa shape index (κ3) is 7.07. The van der Waals surface area contributed by atoms with Crippen LogP contribution in [0.4, 0.5) is 0 Å². The monoisotopic (exact) mass is 171 g/mol. The van der Waals surface area contributed by atoms with Gasteiger partial charge in [0.15, 0.2) is 5.11 Å². The van der Waals surface area contributed by atoms with Crippen LogP contribution in [0.5, 0.6) is 0 Å². The molecule has 0 unspecified atom stereocenters. The zero-order chi connectivity index (χ0) is 8.53. The molecular weight excluding hydrogens is 158 g/mol. The lowest BCUT2D eigenvalue weighted by Crippen LogP contribution is -2.35. The van der Waals surface area contributed by atoms with Crippen LogP contribution in [0, 0.1) is 11.3 Å². The van der Waals surface area contributed by atoms with Gasteiger partial charge < -0.3 is 10.6 Å². The normalized spacial score (nSPS) is 8.36. The summed E-state index contributed by atoms with van der Waals surface area (Å²) in [6.45, 7) is 3.59. The molecule has 0 aromatic heterocycles. The number of nitrogens with one attached hydrogen (secondary N) is 2. The lowest BCUT2D eigenvalue weighted by atomic mass is 10.5. The fourth-order valence-corrected chi connectivity index (χ4v) is 0.737. The summed E-state index contributed by atoms with van der Waals surface area (Å²) in [6.07, 6.45) is 1.55. The van der Waals surface area contributed by atoms with E-state index in [-0.39, 0.29) is 0 Å². The SMILES string of the molecule is CCCNC(=S)NCCC#N.